The molecule has 0 fully saturated rings. The number of nitrogens with two attached hydrogens (primary N) is 1. The monoisotopic (exact) mass is 293 g/mol. The van der Waals surface area contributed by atoms with Gasteiger partial charge in [0.15, 0.2) is 0 Å². The van der Waals surface area contributed by atoms with E-state index in [-0.39, 0.29) is 17.0 Å². The number of carboxylic acid groups (broad SMARTS) is 1. The van der Waals surface area contributed by atoms with Gasteiger partial charge in [-0.05, 0) is 36.4 Å². The zero-order valence-electron chi connectivity index (χ0n) is 12.6. The van der Waals surface area contributed by atoms with Crippen molar-refractivity contribution in [2.24, 2.45) is 11.1 Å². The number of carbonyl (C=O) groups excluding carboxylic acids is 1. The Kier molecular flexibility index (Phi) is 6.30. The summed E-state index contributed by atoms with van der Waals surface area (Å²) in [7, 11) is 0. The number of nitrogens with one attached hydrogen (secondary N) is 1. The first-order valence-corrected chi connectivity index (χ1v) is 6.99. The highest BCUT2D eigenvalue weighted by atomic mass is 16.4. The second kappa shape index (κ2) is 7.73. The van der Waals surface area contributed by atoms with Crippen LogP contribution in [0, 0.1) is 5.41 Å². The summed E-state index contributed by atoms with van der Waals surface area (Å²) in [5, 5.41) is 11.5. The fourth-order valence-corrected chi connectivity index (χ4v) is 1.91. The fraction of sp³-hybridized carbons (Fsp3) is 0.533. The molecular weight excluding hydrogens is 270 g/mol. The third kappa shape index (κ3) is 6.35. The van der Waals surface area contributed by atoms with Crippen molar-refractivity contribution >= 4 is 11.9 Å². The Morgan fingerprint density at radius 1 is 1.33 bits per heavy atom. The molecule has 1 amide bonds. The molecule has 116 valence electrons. The van der Waals surface area contributed by atoms with Crippen LogP contribution < -0.4 is 11.1 Å². The van der Waals surface area contributed by atoms with Gasteiger partial charge in [-0.1, -0.05) is 19.9 Å². The maximum Gasteiger partial charge on any atom is 0.354 e. The van der Waals surface area contributed by atoms with Crippen LogP contribution in [0.5, 0.6) is 0 Å². The molecule has 21 heavy (non-hydrogen) atoms. The lowest BCUT2D eigenvalue weighted by atomic mass is 9.84. The number of carboxylic acids is 1. The van der Waals surface area contributed by atoms with Gasteiger partial charge in [0.1, 0.15) is 5.69 Å². The van der Waals surface area contributed by atoms with Crippen LogP contribution in [0.4, 0.5) is 0 Å². The number of carbonyl (C=O) groups is 2. The average molecular weight is 293 g/mol. The number of amides is 1. The number of aromatic nitrogens is 1. The first-order valence-electron chi connectivity index (χ1n) is 6.99. The van der Waals surface area contributed by atoms with E-state index in [1.54, 1.807) is 6.07 Å². The molecule has 0 spiro atoms. The topological polar surface area (TPSA) is 105 Å². The lowest BCUT2D eigenvalue weighted by molar-refractivity contribution is -0.121. The summed E-state index contributed by atoms with van der Waals surface area (Å²) >= 11 is 0. The molecule has 0 aromatic carbocycles. The molecular formula is C15H23N3O3. The second-order valence-corrected chi connectivity index (χ2v) is 5.84. The molecule has 0 radical (unpaired) electrons. The zero-order valence-corrected chi connectivity index (χ0v) is 12.6. The van der Waals surface area contributed by atoms with Crippen LogP contribution in [0.2, 0.25) is 0 Å². The molecule has 1 rings (SSSR count). The van der Waals surface area contributed by atoms with Crippen molar-refractivity contribution < 1.29 is 14.7 Å². The summed E-state index contributed by atoms with van der Waals surface area (Å²) < 4.78 is 0. The largest absolute Gasteiger partial charge is 0.477 e. The highest BCUT2D eigenvalue weighted by Crippen LogP contribution is 2.25. The quantitative estimate of drug-likeness (QED) is 0.674. The SMILES string of the molecule is CC(C)(CCN)CCC(=O)NCc1ccc(C(=O)O)nc1. The molecule has 1 aromatic heterocycles. The highest BCUT2D eigenvalue weighted by molar-refractivity contribution is 5.85. The van der Waals surface area contributed by atoms with E-state index in [9.17, 15) is 9.59 Å². The van der Waals surface area contributed by atoms with Crippen molar-refractivity contribution in [3.05, 3.63) is 29.6 Å². The van der Waals surface area contributed by atoms with Gasteiger partial charge < -0.3 is 16.2 Å². The van der Waals surface area contributed by atoms with E-state index in [0.29, 0.717) is 19.5 Å². The number of rotatable bonds is 8. The summed E-state index contributed by atoms with van der Waals surface area (Å²) in [5.74, 6) is -1.09. The van der Waals surface area contributed by atoms with Gasteiger partial charge in [-0.15, -0.1) is 0 Å². The van der Waals surface area contributed by atoms with Crippen LogP contribution in [0.1, 0.15) is 49.2 Å². The minimum Gasteiger partial charge on any atom is -0.477 e. The molecule has 0 aliphatic heterocycles. The van der Waals surface area contributed by atoms with E-state index in [2.05, 4.69) is 24.1 Å². The Morgan fingerprint density at radius 2 is 2.05 bits per heavy atom. The number of aromatic carboxylic acids is 1. The number of nitrogens with zero attached hydrogens (tertiary/aromatic N) is 1. The molecule has 1 heterocycles. The van der Waals surface area contributed by atoms with Crippen molar-refractivity contribution in [3.8, 4) is 0 Å². The summed E-state index contributed by atoms with van der Waals surface area (Å²) in [5.41, 5.74) is 6.37. The third-order valence-electron chi connectivity index (χ3n) is 3.38. The molecule has 0 saturated heterocycles. The molecule has 0 bridgehead atoms. The van der Waals surface area contributed by atoms with E-state index >= 15 is 0 Å². The Bertz CT molecular complexity index is 483. The maximum atomic E-state index is 11.8. The summed E-state index contributed by atoms with van der Waals surface area (Å²) in [6, 6.07) is 3.07. The van der Waals surface area contributed by atoms with Crippen LogP contribution in [0.15, 0.2) is 18.3 Å². The summed E-state index contributed by atoms with van der Waals surface area (Å²) in [6.45, 7) is 5.17. The number of hydrogen-bond acceptors (Lipinski definition) is 4. The number of hydrogen-bond donors (Lipinski definition) is 3. The van der Waals surface area contributed by atoms with Crippen molar-refractivity contribution in [3.63, 3.8) is 0 Å². The Morgan fingerprint density at radius 3 is 2.57 bits per heavy atom. The van der Waals surface area contributed by atoms with Crippen molar-refractivity contribution in [1.29, 1.82) is 0 Å². The van der Waals surface area contributed by atoms with Crippen molar-refractivity contribution in [1.82, 2.24) is 10.3 Å². The predicted molar refractivity (Wildman–Crippen MR) is 79.7 cm³/mol. The van der Waals surface area contributed by atoms with Crippen molar-refractivity contribution in [2.45, 2.75) is 39.7 Å². The Hall–Kier alpha value is -1.95. The van der Waals surface area contributed by atoms with Gasteiger partial charge in [-0.25, -0.2) is 9.78 Å². The summed E-state index contributed by atoms with van der Waals surface area (Å²) in [4.78, 5) is 26.3. The number of pyridine rings is 1. The molecule has 6 nitrogen and oxygen atoms in total. The van der Waals surface area contributed by atoms with E-state index in [1.807, 2.05) is 0 Å². The molecule has 0 saturated carbocycles. The van der Waals surface area contributed by atoms with Gasteiger partial charge in [0.2, 0.25) is 5.91 Å². The molecule has 0 aliphatic carbocycles. The molecule has 0 atom stereocenters. The predicted octanol–water partition coefficient (Wildman–Crippen LogP) is 1.55. The van der Waals surface area contributed by atoms with Crippen LogP contribution in [0.25, 0.3) is 0 Å². The van der Waals surface area contributed by atoms with Crippen molar-refractivity contribution in [2.75, 3.05) is 6.54 Å². The van der Waals surface area contributed by atoms with E-state index in [0.717, 1.165) is 18.4 Å². The van der Waals surface area contributed by atoms with E-state index < -0.39 is 5.97 Å². The zero-order chi connectivity index (χ0) is 15.9. The lowest BCUT2D eigenvalue weighted by Gasteiger charge is -2.23. The first kappa shape index (κ1) is 17.1. The van der Waals surface area contributed by atoms with Crippen LogP contribution >= 0.6 is 0 Å². The minimum absolute atomic E-state index is 0.00592. The molecule has 0 aliphatic rings. The van der Waals surface area contributed by atoms with E-state index in [4.69, 9.17) is 10.8 Å². The van der Waals surface area contributed by atoms with Crippen LogP contribution in [-0.2, 0) is 11.3 Å². The van der Waals surface area contributed by atoms with Gasteiger partial charge in [-0.3, -0.25) is 4.79 Å². The van der Waals surface area contributed by atoms with Crippen LogP contribution in [-0.4, -0.2) is 28.5 Å². The average Bonchev–Trinajstić information content (AvgIpc) is 2.43. The molecule has 4 N–H and O–H groups in total. The van der Waals surface area contributed by atoms with Crippen LogP contribution in [0.3, 0.4) is 0 Å². The minimum atomic E-state index is -1.06. The highest BCUT2D eigenvalue weighted by Gasteiger charge is 2.18. The molecule has 6 heteroatoms. The normalized spacial score (nSPS) is 11.2. The second-order valence-electron chi connectivity index (χ2n) is 5.84. The molecule has 1 aromatic rings. The summed E-state index contributed by atoms with van der Waals surface area (Å²) in [6.07, 6.45) is 3.59. The van der Waals surface area contributed by atoms with Gasteiger partial charge in [0, 0.05) is 19.2 Å². The standard InChI is InChI=1S/C15H23N3O3/c1-15(2,7-8-16)6-5-13(19)18-10-11-3-4-12(14(20)21)17-9-11/h3-4,9H,5-8,10,16H2,1-2H3,(H,18,19)(H,20,21). The smallest absolute Gasteiger partial charge is 0.354 e. The van der Waals surface area contributed by atoms with Gasteiger partial charge >= 0.3 is 5.97 Å². The lowest BCUT2D eigenvalue weighted by Crippen LogP contribution is -2.25. The van der Waals surface area contributed by atoms with E-state index in [1.165, 1.54) is 12.3 Å². The third-order valence-corrected chi connectivity index (χ3v) is 3.38. The fourth-order valence-electron chi connectivity index (χ4n) is 1.91. The molecule has 0 unspecified atom stereocenters. The maximum absolute atomic E-state index is 11.8. The Balaban J connectivity index is 2.37. The van der Waals surface area contributed by atoms with Gasteiger partial charge in [0.05, 0.1) is 0 Å². The van der Waals surface area contributed by atoms with Gasteiger partial charge in [0.25, 0.3) is 0 Å². The first-order chi connectivity index (χ1) is 9.84. The Labute approximate surface area is 124 Å². The van der Waals surface area contributed by atoms with Gasteiger partial charge in [-0.2, -0.15) is 0 Å².